The van der Waals surface area contributed by atoms with E-state index in [1.54, 1.807) is 13.3 Å². The Morgan fingerprint density at radius 3 is 2.80 bits per heavy atom. The molecule has 1 aromatic heterocycles. The average Bonchev–Trinajstić information content (AvgIpc) is 3.03. The van der Waals surface area contributed by atoms with E-state index in [4.69, 9.17) is 16.2 Å². The first-order valence-electron chi connectivity index (χ1n) is 5.22. The Balaban J connectivity index is 2.18. The molecule has 15 heavy (non-hydrogen) atoms. The van der Waals surface area contributed by atoms with Crippen LogP contribution in [0.2, 0.25) is 0 Å². The van der Waals surface area contributed by atoms with Crippen LogP contribution < -0.4 is 11.5 Å². The van der Waals surface area contributed by atoms with E-state index in [-0.39, 0.29) is 12.1 Å². The highest BCUT2D eigenvalue weighted by Gasteiger charge is 2.36. The number of rotatable bonds is 4. The molecule has 0 saturated heterocycles. The van der Waals surface area contributed by atoms with Gasteiger partial charge in [-0.15, -0.1) is 0 Å². The maximum atomic E-state index is 6.15. The van der Waals surface area contributed by atoms with Gasteiger partial charge in [0.05, 0.1) is 12.1 Å². The second kappa shape index (κ2) is 4.16. The number of anilines is 1. The lowest BCUT2D eigenvalue weighted by atomic mass is 9.99. The molecule has 2 unspecified atom stereocenters. The van der Waals surface area contributed by atoms with Gasteiger partial charge in [-0.2, -0.15) is 0 Å². The maximum Gasteiger partial charge on any atom is 0.128 e. The molecule has 0 spiro atoms. The van der Waals surface area contributed by atoms with Crippen molar-refractivity contribution in [3.63, 3.8) is 0 Å². The van der Waals surface area contributed by atoms with Crippen LogP contribution in [0.3, 0.4) is 0 Å². The van der Waals surface area contributed by atoms with Crippen LogP contribution in [0.5, 0.6) is 0 Å². The summed E-state index contributed by atoms with van der Waals surface area (Å²) >= 11 is 0. The van der Waals surface area contributed by atoms with Gasteiger partial charge in [-0.05, 0) is 24.8 Å². The van der Waals surface area contributed by atoms with E-state index in [1.807, 2.05) is 12.1 Å². The molecule has 0 radical (unpaired) electrons. The minimum absolute atomic E-state index is 0.0662. The van der Waals surface area contributed by atoms with Crippen LogP contribution in [0.4, 0.5) is 5.82 Å². The number of ether oxygens (including phenoxy) is 1. The molecular formula is C11H17N3O. The van der Waals surface area contributed by atoms with Crippen molar-refractivity contribution in [1.29, 1.82) is 0 Å². The molecule has 2 atom stereocenters. The molecule has 1 aromatic rings. The molecular weight excluding hydrogens is 190 g/mol. The van der Waals surface area contributed by atoms with Gasteiger partial charge in [-0.1, -0.05) is 6.07 Å². The molecule has 4 nitrogen and oxygen atoms in total. The summed E-state index contributed by atoms with van der Waals surface area (Å²) in [6.45, 7) is 0. The molecule has 4 heteroatoms. The fourth-order valence-corrected chi connectivity index (χ4v) is 1.95. The van der Waals surface area contributed by atoms with E-state index < -0.39 is 0 Å². The van der Waals surface area contributed by atoms with Gasteiger partial charge in [0.25, 0.3) is 0 Å². The van der Waals surface area contributed by atoms with Crippen LogP contribution in [0, 0.1) is 5.92 Å². The second-order valence-electron chi connectivity index (χ2n) is 4.04. The lowest BCUT2D eigenvalue weighted by Gasteiger charge is -2.23. The lowest BCUT2D eigenvalue weighted by Crippen LogP contribution is -2.30. The van der Waals surface area contributed by atoms with Gasteiger partial charge in [-0.3, -0.25) is 0 Å². The van der Waals surface area contributed by atoms with Crippen molar-refractivity contribution in [2.24, 2.45) is 11.7 Å². The number of hydrogen-bond acceptors (Lipinski definition) is 4. The number of nitrogen functional groups attached to an aromatic ring is 1. The first kappa shape index (κ1) is 10.4. The van der Waals surface area contributed by atoms with E-state index >= 15 is 0 Å². The molecule has 0 bridgehead atoms. The summed E-state index contributed by atoms with van der Waals surface area (Å²) in [6.07, 6.45) is 4.14. The van der Waals surface area contributed by atoms with Gasteiger partial charge < -0.3 is 16.2 Å². The molecule has 0 aromatic carbocycles. The number of nitrogens with two attached hydrogens (primary N) is 2. The van der Waals surface area contributed by atoms with Crippen molar-refractivity contribution < 1.29 is 4.74 Å². The quantitative estimate of drug-likeness (QED) is 0.775. The van der Waals surface area contributed by atoms with Crippen molar-refractivity contribution in [2.45, 2.75) is 25.0 Å². The van der Waals surface area contributed by atoms with Gasteiger partial charge in [0.15, 0.2) is 0 Å². The molecule has 0 aliphatic heterocycles. The summed E-state index contributed by atoms with van der Waals surface area (Å²) in [5, 5.41) is 0. The Morgan fingerprint density at radius 1 is 1.53 bits per heavy atom. The molecule has 1 saturated carbocycles. The second-order valence-corrected chi connectivity index (χ2v) is 4.04. The van der Waals surface area contributed by atoms with Gasteiger partial charge in [0, 0.05) is 18.9 Å². The lowest BCUT2D eigenvalue weighted by molar-refractivity contribution is 0.0625. The summed E-state index contributed by atoms with van der Waals surface area (Å²) < 4.78 is 5.44. The minimum Gasteiger partial charge on any atom is -0.383 e. The Bertz CT molecular complexity index is 338. The van der Waals surface area contributed by atoms with Crippen molar-refractivity contribution in [1.82, 2.24) is 4.98 Å². The summed E-state index contributed by atoms with van der Waals surface area (Å²) in [5.41, 5.74) is 12.8. The van der Waals surface area contributed by atoms with Crippen molar-refractivity contribution in [3.05, 3.63) is 23.9 Å². The minimum atomic E-state index is -0.170. The first-order chi connectivity index (χ1) is 7.24. The zero-order valence-electron chi connectivity index (χ0n) is 8.89. The van der Waals surface area contributed by atoms with Crippen LogP contribution in [-0.4, -0.2) is 18.2 Å². The number of aromatic nitrogens is 1. The summed E-state index contributed by atoms with van der Waals surface area (Å²) in [7, 11) is 1.70. The van der Waals surface area contributed by atoms with Crippen molar-refractivity contribution >= 4 is 5.82 Å². The molecule has 2 rings (SSSR count). The van der Waals surface area contributed by atoms with Gasteiger partial charge >= 0.3 is 0 Å². The van der Waals surface area contributed by atoms with E-state index in [1.165, 1.54) is 12.8 Å². The smallest absolute Gasteiger partial charge is 0.128 e. The topological polar surface area (TPSA) is 74.2 Å². The fraction of sp³-hybridized carbons (Fsp3) is 0.545. The largest absolute Gasteiger partial charge is 0.383 e. The van der Waals surface area contributed by atoms with E-state index in [0.717, 1.165) is 5.56 Å². The zero-order chi connectivity index (χ0) is 10.8. The SMILES string of the molecule is COC(C1CC1)C(N)c1cccnc1N. The predicted octanol–water partition coefficient (Wildman–Crippen LogP) is 1.09. The standard InChI is InChI=1S/C11H17N3O/c1-15-10(7-4-5-7)9(12)8-3-2-6-14-11(8)13/h2-3,6-7,9-10H,4-5,12H2,1H3,(H2,13,14). The Morgan fingerprint density at radius 2 is 2.27 bits per heavy atom. The number of methoxy groups -OCH3 is 1. The molecule has 82 valence electrons. The molecule has 1 fully saturated rings. The first-order valence-corrected chi connectivity index (χ1v) is 5.22. The molecule has 0 amide bonds. The summed E-state index contributed by atoms with van der Waals surface area (Å²) in [5.74, 6) is 1.09. The Kier molecular flexibility index (Phi) is 2.88. The van der Waals surface area contributed by atoms with Crippen LogP contribution in [0.25, 0.3) is 0 Å². The van der Waals surface area contributed by atoms with Crippen molar-refractivity contribution in [3.8, 4) is 0 Å². The maximum absolute atomic E-state index is 6.15. The summed E-state index contributed by atoms with van der Waals surface area (Å²) in [4.78, 5) is 4.04. The van der Waals surface area contributed by atoms with Crippen LogP contribution in [-0.2, 0) is 4.74 Å². The molecule has 1 aliphatic carbocycles. The summed E-state index contributed by atoms with van der Waals surface area (Å²) in [6, 6.07) is 3.60. The predicted molar refractivity (Wildman–Crippen MR) is 59.1 cm³/mol. The average molecular weight is 207 g/mol. The Hall–Kier alpha value is -1.13. The third-order valence-electron chi connectivity index (χ3n) is 2.94. The zero-order valence-corrected chi connectivity index (χ0v) is 8.89. The normalized spacial score (nSPS) is 19.9. The highest BCUT2D eigenvalue weighted by molar-refractivity contribution is 5.41. The van der Waals surface area contributed by atoms with Gasteiger partial charge in [0.2, 0.25) is 0 Å². The highest BCUT2D eigenvalue weighted by atomic mass is 16.5. The number of nitrogens with zero attached hydrogens (tertiary/aromatic N) is 1. The van der Waals surface area contributed by atoms with Crippen LogP contribution in [0.15, 0.2) is 18.3 Å². The fourth-order valence-electron chi connectivity index (χ4n) is 1.95. The Labute approximate surface area is 89.6 Å². The molecule has 1 heterocycles. The van der Waals surface area contributed by atoms with Crippen LogP contribution >= 0.6 is 0 Å². The van der Waals surface area contributed by atoms with E-state index in [2.05, 4.69) is 4.98 Å². The molecule has 1 aliphatic rings. The number of hydrogen-bond donors (Lipinski definition) is 2. The highest BCUT2D eigenvalue weighted by Crippen LogP contribution is 2.39. The van der Waals surface area contributed by atoms with Gasteiger partial charge in [0.1, 0.15) is 5.82 Å². The van der Waals surface area contributed by atoms with Gasteiger partial charge in [-0.25, -0.2) is 4.98 Å². The number of pyridine rings is 1. The van der Waals surface area contributed by atoms with Crippen molar-refractivity contribution in [2.75, 3.05) is 12.8 Å². The van der Waals surface area contributed by atoms with E-state index in [9.17, 15) is 0 Å². The third-order valence-corrected chi connectivity index (χ3v) is 2.94. The van der Waals surface area contributed by atoms with Crippen LogP contribution in [0.1, 0.15) is 24.4 Å². The molecule has 4 N–H and O–H groups in total. The third kappa shape index (κ3) is 2.11. The van der Waals surface area contributed by atoms with E-state index in [0.29, 0.717) is 11.7 Å². The monoisotopic (exact) mass is 207 g/mol.